The molecule has 0 radical (unpaired) electrons. The lowest BCUT2D eigenvalue weighted by Gasteiger charge is -2.29. The SMILES string of the molecule is COC(C)(C)CCN1CC2CCCC2C1C(=O)O. The first-order valence-corrected chi connectivity index (χ1v) is 6.96. The van der Waals surface area contributed by atoms with E-state index >= 15 is 0 Å². The Bertz CT molecular complexity index is 316. The molecule has 3 unspecified atom stereocenters. The molecule has 2 rings (SSSR count). The lowest BCUT2D eigenvalue weighted by Crippen LogP contribution is -2.42. The zero-order chi connectivity index (χ0) is 13.3. The van der Waals surface area contributed by atoms with Crippen LogP contribution in [0.2, 0.25) is 0 Å². The summed E-state index contributed by atoms with van der Waals surface area (Å²) >= 11 is 0. The molecule has 0 bridgehead atoms. The Labute approximate surface area is 109 Å². The number of carbonyl (C=O) groups is 1. The fourth-order valence-corrected chi connectivity index (χ4v) is 3.48. The summed E-state index contributed by atoms with van der Waals surface area (Å²) in [7, 11) is 1.72. The number of hydrogen-bond donors (Lipinski definition) is 1. The van der Waals surface area contributed by atoms with Crippen LogP contribution in [0.25, 0.3) is 0 Å². The minimum atomic E-state index is -0.639. The maximum Gasteiger partial charge on any atom is 0.321 e. The van der Waals surface area contributed by atoms with E-state index in [0.29, 0.717) is 11.8 Å². The minimum absolute atomic E-state index is 0.166. The molecule has 1 aliphatic heterocycles. The fraction of sp³-hybridized carbons (Fsp3) is 0.929. The van der Waals surface area contributed by atoms with Gasteiger partial charge >= 0.3 is 5.97 Å². The van der Waals surface area contributed by atoms with Crippen LogP contribution in [-0.4, -0.2) is 47.8 Å². The number of ether oxygens (including phenoxy) is 1. The summed E-state index contributed by atoms with van der Waals surface area (Å²) in [6.45, 7) is 5.89. The van der Waals surface area contributed by atoms with Crippen molar-refractivity contribution in [2.45, 2.75) is 51.2 Å². The zero-order valence-electron chi connectivity index (χ0n) is 11.7. The van der Waals surface area contributed by atoms with Crippen molar-refractivity contribution in [3.05, 3.63) is 0 Å². The molecule has 0 amide bonds. The molecule has 0 aromatic heterocycles. The van der Waals surface area contributed by atoms with E-state index < -0.39 is 5.97 Å². The van der Waals surface area contributed by atoms with Crippen LogP contribution in [0.4, 0.5) is 0 Å². The van der Waals surface area contributed by atoms with Gasteiger partial charge in [0.2, 0.25) is 0 Å². The van der Waals surface area contributed by atoms with Crippen LogP contribution in [0.1, 0.15) is 39.5 Å². The number of carboxylic acids is 1. The fourth-order valence-electron chi connectivity index (χ4n) is 3.48. The van der Waals surface area contributed by atoms with Crippen LogP contribution in [0.5, 0.6) is 0 Å². The van der Waals surface area contributed by atoms with Gasteiger partial charge in [0.1, 0.15) is 6.04 Å². The number of hydrogen-bond acceptors (Lipinski definition) is 3. The first-order chi connectivity index (χ1) is 8.44. The monoisotopic (exact) mass is 255 g/mol. The highest BCUT2D eigenvalue weighted by Crippen LogP contribution is 2.42. The summed E-state index contributed by atoms with van der Waals surface area (Å²) in [5.41, 5.74) is -0.166. The van der Waals surface area contributed by atoms with E-state index in [9.17, 15) is 9.90 Å². The zero-order valence-corrected chi connectivity index (χ0v) is 11.7. The van der Waals surface area contributed by atoms with E-state index in [1.165, 1.54) is 12.8 Å². The molecule has 1 saturated carbocycles. The Morgan fingerprint density at radius 1 is 1.44 bits per heavy atom. The van der Waals surface area contributed by atoms with Gasteiger partial charge in [0.25, 0.3) is 0 Å². The second-order valence-electron chi connectivity index (χ2n) is 6.35. The van der Waals surface area contributed by atoms with Gasteiger partial charge in [0.05, 0.1) is 5.60 Å². The lowest BCUT2D eigenvalue weighted by molar-refractivity contribution is -0.143. The van der Waals surface area contributed by atoms with Crippen molar-refractivity contribution in [2.24, 2.45) is 11.8 Å². The van der Waals surface area contributed by atoms with Crippen LogP contribution >= 0.6 is 0 Å². The minimum Gasteiger partial charge on any atom is -0.480 e. The smallest absolute Gasteiger partial charge is 0.321 e. The third kappa shape index (κ3) is 2.69. The van der Waals surface area contributed by atoms with Crippen LogP contribution < -0.4 is 0 Å². The molecule has 0 aromatic carbocycles. The van der Waals surface area contributed by atoms with E-state index in [1.807, 2.05) is 0 Å². The Hall–Kier alpha value is -0.610. The summed E-state index contributed by atoms with van der Waals surface area (Å²) in [5, 5.41) is 9.44. The summed E-state index contributed by atoms with van der Waals surface area (Å²) in [6.07, 6.45) is 4.38. The normalized spacial score (nSPS) is 32.7. The van der Waals surface area contributed by atoms with E-state index in [1.54, 1.807) is 7.11 Å². The first-order valence-electron chi connectivity index (χ1n) is 6.96. The van der Waals surface area contributed by atoms with Crippen molar-refractivity contribution in [1.82, 2.24) is 4.90 Å². The highest BCUT2D eigenvalue weighted by Gasteiger charge is 2.47. The maximum absolute atomic E-state index is 11.5. The van der Waals surface area contributed by atoms with Gasteiger partial charge in [-0.2, -0.15) is 0 Å². The quantitative estimate of drug-likeness (QED) is 0.816. The molecule has 1 aliphatic carbocycles. The summed E-state index contributed by atoms with van der Waals surface area (Å²) in [6, 6.07) is -0.259. The molecule has 0 spiro atoms. The molecule has 2 fully saturated rings. The Kier molecular flexibility index (Phi) is 3.97. The van der Waals surface area contributed by atoms with Crippen molar-refractivity contribution < 1.29 is 14.6 Å². The van der Waals surface area contributed by atoms with Crippen molar-refractivity contribution in [3.8, 4) is 0 Å². The number of carboxylic acid groups (broad SMARTS) is 1. The average Bonchev–Trinajstić information content (AvgIpc) is 2.85. The third-order valence-corrected chi connectivity index (χ3v) is 4.79. The van der Waals surface area contributed by atoms with Gasteiger partial charge in [-0.15, -0.1) is 0 Å². The Balaban J connectivity index is 1.97. The molecule has 4 heteroatoms. The molecule has 0 aromatic rings. The number of nitrogens with zero attached hydrogens (tertiary/aromatic N) is 1. The van der Waals surface area contributed by atoms with E-state index in [2.05, 4.69) is 18.7 Å². The second-order valence-corrected chi connectivity index (χ2v) is 6.35. The van der Waals surface area contributed by atoms with Crippen LogP contribution in [0.3, 0.4) is 0 Å². The van der Waals surface area contributed by atoms with Gasteiger partial charge in [0, 0.05) is 20.2 Å². The van der Waals surface area contributed by atoms with E-state index in [4.69, 9.17) is 4.74 Å². The standard InChI is InChI=1S/C14H25NO3/c1-14(2,18-3)7-8-15-9-10-5-4-6-11(10)12(15)13(16)17/h10-12H,4-9H2,1-3H3,(H,16,17). The van der Waals surface area contributed by atoms with Crippen LogP contribution in [0, 0.1) is 11.8 Å². The van der Waals surface area contributed by atoms with Gasteiger partial charge < -0.3 is 9.84 Å². The Morgan fingerprint density at radius 3 is 2.78 bits per heavy atom. The highest BCUT2D eigenvalue weighted by atomic mass is 16.5. The maximum atomic E-state index is 11.5. The molecular weight excluding hydrogens is 230 g/mol. The second kappa shape index (κ2) is 5.17. The third-order valence-electron chi connectivity index (χ3n) is 4.79. The molecule has 4 nitrogen and oxygen atoms in total. The predicted octanol–water partition coefficient (Wildman–Crippen LogP) is 1.99. The molecular formula is C14H25NO3. The van der Waals surface area contributed by atoms with Crippen molar-refractivity contribution in [2.75, 3.05) is 20.2 Å². The van der Waals surface area contributed by atoms with Gasteiger partial charge in [-0.3, -0.25) is 9.69 Å². The molecule has 3 atom stereocenters. The largest absolute Gasteiger partial charge is 0.480 e. The van der Waals surface area contributed by atoms with Crippen LogP contribution in [-0.2, 0) is 9.53 Å². The molecule has 1 saturated heterocycles. The topological polar surface area (TPSA) is 49.8 Å². The van der Waals surface area contributed by atoms with Crippen molar-refractivity contribution in [1.29, 1.82) is 0 Å². The van der Waals surface area contributed by atoms with E-state index in [0.717, 1.165) is 25.9 Å². The summed E-state index contributed by atoms with van der Waals surface area (Å²) in [4.78, 5) is 13.6. The number of aliphatic carboxylic acids is 1. The van der Waals surface area contributed by atoms with Crippen LogP contribution in [0.15, 0.2) is 0 Å². The molecule has 18 heavy (non-hydrogen) atoms. The number of rotatable bonds is 5. The first kappa shape index (κ1) is 13.8. The van der Waals surface area contributed by atoms with Gasteiger partial charge in [0.15, 0.2) is 0 Å². The molecule has 104 valence electrons. The van der Waals surface area contributed by atoms with Gasteiger partial charge in [-0.1, -0.05) is 6.42 Å². The molecule has 1 N–H and O–H groups in total. The number of fused-ring (bicyclic) bond motifs is 1. The van der Waals surface area contributed by atoms with E-state index in [-0.39, 0.29) is 11.6 Å². The molecule has 2 aliphatic rings. The van der Waals surface area contributed by atoms with Gasteiger partial charge in [-0.05, 0) is 44.9 Å². The van der Waals surface area contributed by atoms with Crippen molar-refractivity contribution >= 4 is 5.97 Å². The predicted molar refractivity (Wildman–Crippen MR) is 69.5 cm³/mol. The highest BCUT2D eigenvalue weighted by molar-refractivity contribution is 5.74. The Morgan fingerprint density at radius 2 is 2.17 bits per heavy atom. The number of methoxy groups -OCH3 is 1. The van der Waals surface area contributed by atoms with Crippen molar-refractivity contribution in [3.63, 3.8) is 0 Å². The lowest BCUT2D eigenvalue weighted by atomic mass is 9.94. The summed E-state index contributed by atoms with van der Waals surface area (Å²) < 4.78 is 5.41. The van der Waals surface area contributed by atoms with Gasteiger partial charge in [-0.25, -0.2) is 0 Å². The molecule has 1 heterocycles. The average molecular weight is 255 g/mol. The summed E-state index contributed by atoms with van der Waals surface area (Å²) in [5.74, 6) is 0.351. The number of likely N-dealkylation sites (tertiary alicyclic amines) is 1.